The van der Waals surface area contributed by atoms with Gasteiger partial charge >= 0.3 is 11.9 Å². The Bertz CT molecular complexity index is 378. The fraction of sp³-hybridized carbons (Fsp3) is 0.385. The lowest BCUT2D eigenvalue weighted by molar-refractivity contribution is -0.146. The van der Waals surface area contributed by atoms with E-state index < -0.39 is 5.97 Å². The normalized spacial score (nSPS) is 9.83. The molecule has 0 heterocycles. The van der Waals surface area contributed by atoms with E-state index in [9.17, 15) is 9.59 Å². The Morgan fingerprint density at radius 1 is 1.00 bits per heavy atom. The van der Waals surface area contributed by atoms with Crippen molar-refractivity contribution < 1.29 is 19.2 Å². The van der Waals surface area contributed by atoms with E-state index in [0.717, 1.165) is 5.56 Å². The van der Waals surface area contributed by atoms with E-state index in [2.05, 4.69) is 10.7 Å². The molecule has 0 aliphatic rings. The fourth-order valence-corrected chi connectivity index (χ4v) is 1.41. The number of ether oxygens (including phenoxy) is 1. The standard InChI is InChI=1S/C13H17NO4/c14-18-13(16)9-5-4-8-12(15)17-10-11-6-2-1-3-7-11/h1-3,6-7H,4-5,8-10,14H2. The Balaban J connectivity index is 2.09. The van der Waals surface area contributed by atoms with Crippen molar-refractivity contribution in [3.8, 4) is 0 Å². The molecule has 0 atom stereocenters. The first-order chi connectivity index (χ1) is 8.72. The van der Waals surface area contributed by atoms with E-state index in [1.165, 1.54) is 0 Å². The Kier molecular flexibility index (Phi) is 6.50. The van der Waals surface area contributed by atoms with Crippen molar-refractivity contribution in [3.05, 3.63) is 35.9 Å². The minimum absolute atomic E-state index is 0.225. The minimum atomic E-state index is -0.465. The molecule has 0 fully saturated rings. The molecule has 0 radical (unpaired) electrons. The highest BCUT2D eigenvalue weighted by atomic mass is 16.7. The van der Waals surface area contributed by atoms with Gasteiger partial charge in [-0.15, -0.1) is 0 Å². The summed E-state index contributed by atoms with van der Waals surface area (Å²) in [7, 11) is 0. The fourth-order valence-electron chi connectivity index (χ4n) is 1.41. The average molecular weight is 251 g/mol. The van der Waals surface area contributed by atoms with E-state index in [1.807, 2.05) is 30.3 Å². The van der Waals surface area contributed by atoms with E-state index in [-0.39, 0.29) is 19.0 Å². The molecule has 1 aromatic carbocycles. The summed E-state index contributed by atoms with van der Waals surface area (Å²) in [6.07, 6.45) is 1.67. The van der Waals surface area contributed by atoms with Crippen molar-refractivity contribution in [2.75, 3.05) is 0 Å². The predicted molar refractivity (Wildman–Crippen MR) is 65.0 cm³/mol. The highest BCUT2D eigenvalue weighted by molar-refractivity contribution is 5.70. The molecular weight excluding hydrogens is 234 g/mol. The van der Waals surface area contributed by atoms with Crippen molar-refractivity contribution in [1.29, 1.82) is 0 Å². The molecule has 5 nitrogen and oxygen atoms in total. The van der Waals surface area contributed by atoms with Gasteiger partial charge in [0.05, 0.1) is 0 Å². The first kappa shape index (κ1) is 14.2. The molecule has 0 amide bonds. The highest BCUT2D eigenvalue weighted by Crippen LogP contribution is 2.05. The number of hydrogen-bond donors (Lipinski definition) is 1. The lowest BCUT2D eigenvalue weighted by Crippen LogP contribution is -2.10. The van der Waals surface area contributed by atoms with Crippen LogP contribution in [0.2, 0.25) is 0 Å². The van der Waals surface area contributed by atoms with Gasteiger partial charge in [0, 0.05) is 12.8 Å². The third-order valence-electron chi connectivity index (χ3n) is 2.39. The Hall–Kier alpha value is -1.88. The van der Waals surface area contributed by atoms with Crippen LogP contribution in [0, 0.1) is 0 Å². The third kappa shape index (κ3) is 6.00. The zero-order chi connectivity index (χ0) is 13.2. The second-order valence-corrected chi connectivity index (χ2v) is 3.84. The first-order valence-corrected chi connectivity index (χ1v) is 5.81. The van der Waals surface area contributed by atoms with Gasteiger partial charge in [-0.3, -0.25) is 9.59 Å². The molecule has 0 spiro atoms. The molecule has 0 bridgehead atoms. The zero-order valence-corrected chi connectivity index (χ0v) is 10.1. The molecular formula is C13H17NO4. The number of rotatable bonds is 7. The van der Waals surface area contributed by atoms with Gasteiger partial charge in [-0.2, -0.15) is 5.90 Å². The summed E-state index contributed by atoms with van der Waals surface area (Å²) in [5, 5.41) is 0. The number of benzene rings is 1. The van der Waals surface area contributed by atoms with Crippen molar-refractivity contribution in [2.24, 2.45) is 5.90 Å². The van der Waals surface area contributed by atoms with Crippen LogP contribution in [-0.4, -0.2) is 11.9 Å². The molecule has 1 aromatic rings. The summed E-state index contributed by atoms with van der Waals surface area (Å²) >= 11 is 0. The van der Waals surface area contributed by atoms with Gasteiger partial charge in [0.15, 0.2) is 0 Å². The summed E-state index contributed by atoms with van der Waals surface area (Å²) in [5.41, 5.74) is 0.956. The van der Waals surface area contributed by atoms with E-state index in [4.69, 9.17) is 4.74 Å². The third-order valence-corrected chi connectivity index (χ3v) is 2.39. The predicted octanol–water partition coefficient (Wildman–Crippen LogP) is 1.71. The van der Waals surface area contributed by atoms with E-state index in [1.54, 1.807) is 0 Å². The van der Waals surface area contributed by atoms with Gasteiger partial charge in [-0.1, -0.05) is 30.3 Å². The Labute approximate surface area is 106 Å². The maximum atomic E-state index is 11.4. The molecule has 1 rings (SSSR count). The van der Waals surface area contributed by atoms with Crippen LogP contribution >= 0.6 is 0 Å². The maximum absolute atomic E-state index is 11.4. The zero-order valence-electron chi connectivity index (χ0n) is 10.1. The highest BCUT2D eigenvalue weighted by Gasteiger charge is 2.05. The van der Waals surface area contributed by atoms with Gasteiger partial charge in [0.2, 0.25) is 0 Å². The van der Waals surface area contributed by atoms with Crippen molar-refractivity contribution in [3.63, 3.8) is 0 Å². The number of hydrogen-bond acceptors (Lipinski definition) is 5. The van der Waals surface area contributed by atoms with Crippen LogP contribution in [-0.2, 0) is 25.8 Å². The number of carbonyl (C=O) groups is 2. The molecule has 98 valence electrons. The van der Waals surface area contributed by atoms with Crippen LogP contribution in [0.25, 0.3) is 0 Å². The number of unbranched alkanes of at least 4 members (excludes halogenated alkanes) is 1. The van der Waals surface area contributed by atoms with Gasteiger partial charge in [0.1, 0.15) is 6.61 Å². The van der Waals surface area contributed by atoms with Gasteiger partial charge in [-0.25, -0.2) is 0 Å². The van der Waals surface area contributed by atoms with Crippen LogP contribution in [0.15, 0.2) is 30.3 Å². The molecule has 0 saturated heterocycles. The monoisotopic (exact) mass is 251 g/mol. The largest absolute Gasteiger partial charge is 0.461 e. The molecule has 0 saturated carbocycles. The molecule has 0 aliphatic heterocycles. The number of nitrogens with two attached hydrogens (primary N) is 1. The van der Waals surface area contributed by atoms with Crippen molar-refractivity contribution >= 4 is 11.9 Å². The lowest BCUT2D eigenvalue weighted by atomic mass is 10.2. The van der Waals surface area contributed by atoms with Crippen molar-refractivity contribution in [2.45, 2.75) is 32.3 Å². The SMILES string of the molecule is NOC(=O)CCCCC(=O)OCc1ccccc1. The summed E-state index contributed by atoms with van der Waals surface area (Å²) in [4.78, 5) is 26.1. The number of carbonyl (C=O) groups excluding carboxylic acids is 2. The maximum Gasteiger partial charge on any atom is 0.324 e. The van der Waals surface area contributed by atoms with Crippen LogP contribution in [0.4, 0.5) is 0 Å². The van der Waals surface area contributed by atoms with Gasteiger partial charge in [0.25, 0.3) is 0 Å². The Morgan fingerprint density at radius 3 is 2.22 bits per heavy atom. The molecule has 2 N–H and O–H groups in total. The summed E-state index contributed by atoms with van der Waals surface area (Å²) in [6.45, 7) is 0.282. The molecule has 18 heavy (non-hydrogen) atoms. The molecule has 0 aliphatic carbocycles. The second kappa shape index (κ2) is 8.25. The topological polar surface area (TPSA) is 78.6 Å². The smallest absolute Gasteiger partial charge is 0.324 e. The minimum Gasteiger partial charge on any atom is -0.461 e. The van der Waals surface area contributed by atoms with Crippen LogP contribution < -0.4 is 5.90 Å². The molecule has 0 aromatic heterocycles. The van der Waals surface area contributed by atoms with Crippen LogP contribution in [0.5, 0.6) is 0 Å². The van der Waals surface area contributed by atoms with Crippen LogP contribution in [0.1, 0.15) is 31.2 Å². The summed E-state index contributed by atoms with van der Waals surface area (Å²) < 4.78 is 5.08. The summed E-state index contributed by atoms with van der Waals surface area (Å²) in [5.74, 6) is 3.96. The van der Waals surface area contributed by atoms with Crippen LogP contribution in [0.3, 0.4) is 0 Å². The quantitative estimate of drug-likeness (QED) is 0.453. The van der Waals surface area contributed by atoms with E-state index in [0.29, 0.717) is 19.3 Å². The van der Waals surface area contributed by atoms with Crippen molar-refractivity contribution in [1.82, 2.24) is 0 Å². The molecule has 5 heteroatoms. The first-order valence-electron chi connectivity index (χ1n) is 5.81. The molecule has 0 unspecified atom stereocenters. The second-order valence-electron chi connectivity index (χ2n) is 3.84. The number of esters is 1. The lowest BCUT2D eigenvalue weighted by Gasteiger charge is -2.04. The Morgan fingerprint density at radius 2 is 1.61 bits per heavy atom. The van der Waals surface area contributed by atoms with Gasteiger partial charge in [-0.05, 0) is 18.4 Å². The average Bonchev–Trinajstić information content (AvgIpc) is 2.42. The van der Waals surface area contributed by atoms with Gasteiger partial charge < -0.3 is 9.57 Å². The summed E-state index contributed by atoms with van der Waals surface area (Å²) in [6, 6.07) is 9.47. The van der Waals surface area contributed by atoms with E-state index >= 15 is 0 Å².